The van der Waals surface area contributed by atoms with Crippen molar-refractivity contribution in [2.24, 2.45) is 5.73 Å². The van der Waals surface area contributed by atoms with E-state index in [-0.39, 0.29) is 11.9 Å². The molecule has 4 nitrogen and oxygen atoms in total. The van der Waals surface area contributed by atoms with E-state index in [4.69, 9.17) is 5.73 Å². The van der Waals surface area contributed by atoms with E-state index in [9.17, 15) is 9.18 Å². The normalized spacial score (nSPS) is 19.2. The maximum absolute atomic E-state index is 13.1. The average Bonchev–Trinajstić information content (AvgIpc) is 2.83. The van der Waals surface area contributed by atoms with Crippen LogP contribution in [0.15, 0.2) is 18.5 Å². The summed E-state index contributed by atoms with van der Waals surface area (Å²) in [6.07, 6.45) is 6.37. The van der Waals surface area contributed by atoms with Crippen LogP contribution in [-0.2, 0) is 0 Å². The number of amides is 1. The number of halogens is 1. The van der Waals surface area contributed by atoms with Crippen molar-refractivity contribution in [1.82, 2.24) is 9.88 Å². The Balaban J connectivity index is 2.08. The molecule has 1 fully saturated rings. The van der Waals surface area contributed by atoms with Crippen LogP contribution in [0.1, 0.15) is 36.0 Å². The zero-order chi connectivity index (χ0) is 13.0. The molecule has 0 saturated carbocycles. The summed E-state index contributed by atoms with van der Waals surface area (Å²) in [4.78, 5) is 17.8. The van der Waals surface area contributed by atoms with Gasteiger partial charge >= 0.3 is 0 Å². The van der Waals surface area contributed by atoms with Crippen molar-refractivity contribution in [3.63, 3.8) is 0 Å². The summed E-state index contributed by atoms with van der Waals surface area (Å²) in [5.41, 5.74) is 5.82. The van der Waals surface area contributed by atoms with Gasteiger partial charge in [0.25, 0.3) is 5.91 Å². The Morgan fingerprint density at radius 2 is 2.39 bits per heavy atom. The molecule has 1 amide bonds. The minimum absolute atomic E-state index is 0.124. The Bertz CT molecular complexity index is 424. The van der Waals surface area contributed by atoms with Crippen LogP contribution in [-0.4, -0.2) is 34.9 Å². The van der Waals surface area contributed by atoms with Gasteiger partial charge in [-0.15, -0.1) is 0 Å². The van der Waals surface area contributed by atoms with Crippen molar-refractivity contribution < 1.29 is 9.18 Å². The van der Waals surface area contributed by atoms with Crippen molar-refractivity contribution >= 4 is 5.91 Å². The lowest BCUT2D eigenvalue weighted by Crippen LogP contribution is -2.35. The highest BCUT2D eigenvalue weighted by Gasteiger charge is 2.29. The Kier molecular flexibility index (Phi) is 4.25. The summed E-state index contributed by atoms with van der Waals surface area (Å²) in [6.45, 7) is 1.38. The molecular weight excluding hydrogens is 233 g/mol. The molecule has 0 spiro atoms. The van der Waals surface area contributed by atoms with Gasteiger partial charge in [0.05, 0.1) is 11.8 Å². The van der Waals surface area contributed by atoms with Gasteiger partial charge in [0.2, 0.25) is 0 Å². The minimum atomic E-state index is -0.474. The largest absolute Gasteiger partial charge is 0.336 e. The number of carbonyl (C=O) groups excluding carboxylic acids is 1. The van der Waals surface area contributed by atoms with Gasteiger partial charge in [0.15, 0.2) is 0 Å². The molecule has 0 aromatic carbocycles. The highest BCUT2D eigenvalue weighted by atomic mass is 19.1. The maximum Gasteiger partial charge on any atom is 0.255 e. The highest BCUT2D eigenvalue weighted by Crippen LogP contribution is 2.23. The summed E-state index contributed by atoms with van der Waals surface area (Å²) >= 11 is 0. The smallest absolute Gasteiger partial charge is 0.255 e. The Morgan fingerprint density at radius 3 is 3.11 bits per heavy atom. The van der Waals surface area contributed by atoms with Crippen molar-refractivity contribution in [2.75, 3.05) is 13.1 Å². The third-order valence-corrected chi connectivity index (χ3v) is 3.33. The van der Waals surface area contributed by atoms with E-state index in [0.717, 1.165) is 38.4 Å². The van der Waals surface area contributed by atoms with E-state index in [1.807, 2.05) is 4.90 Å². The van der Waals surface area contributed by atoms with E-state index in [2.05, 4.69) is 4.98 Å². The van der Waals surface area contributed by atoms with Crippen molar-refractivity contribution in [3.8, 4) is 0 Å². The van der Waals surface area contributed by atoms with Crippen LogP contribution in [0.5, 0.6) is 0 Å². The second-order valence-electron chi connectivity index (χ2n) is 4.62. The molecule has 2 rings (SSSR count). The van der Waals surface area contributed by atoms with Gasteiger partial charge in [-0.3, -0.25) is 9.78 Å². The molecule has 98 valence electrons. The quantitative estimate of drug-likeness (QED) is 0.883. The summed E-state index contributed by atoms with van der Waals surface area (Å²) in [7, 11) is 0. The summed E-state index contributed by atoms with van der Waals surface area (Å²) in [5, 5.41) is 0. The van der Waals surface area contributed by atoms with E-state index in [0.29, 0.717) is 12.1 Å². The Hall–Kier alpha value is -1.49. The van der Waals surface area contributed by atoms with Gasteiger partial charge in [-0.05, 0) is 38.3 Å². The third kappa shape index (κ3) is 2.85. The number of rotatable bonds is 4. The van der Waals surface area contributed by atoms with Gasteiger partial charge in [-0.25, -0.2) is 4.39 Å². The Morgan fingerprint density at radius 1 is 1.56 bits per heavy atom. The van der Waals surface area contributed by atoms with Crippen LogP contribution >= 0.6 is 0 Å². The minimum Gasteiger partial charge on any atom is -0.336 e. The Labute approximate surface area is 106 Å². The molecule has 1 unspecified atom stereocenters. The van der Waals surface area contributed by atoms with E-state index < -0.39 is 5.82 Å². The number of aromatic nitrogens is 1. The van der Waals surface area contributed by atoms with Crippen LogP contribution in [0.4, 0.5) is 4.39 Å². The molecule has 1 aromatic heterocycles. The number of nitrogens with zero attached hydrogens (tertiary/aromatic N) is 2. The van der Waals surface area contributed by atoms with Gasteiger partial charge in [0.1, 0.15) is 5.82 Å². The standard InChI is InChI=1S/C13H18FN3O/c14-11-7-10(8-16-9-11)13(18)17-6-2-4-12(17)3-1-5-15/h7-9,12H,1-6,15H2. The number of nitrogens with two attached hydrogens (primary N) is 1. The lowest BCUT2D eigenvalue weighted by atomic mass is 10.1. The van der Waals surface area contributed by atoms with Crippen LogP contribution in [0.3, 0.4) is 0 Å². The first kappa shape index (κ1) is 13.0. The second kappa shape index (κ2) is 5.91. The predicted octanol–water partition coefficient (Wildman–Crippen LogP) is 1.56. The number of hydrogen-bond acceptors (Lipinski definition) is 3. The molecule has 1 aliphatic heterocycles. The second-order valence-corrected chi connectivity index (χ2v) is 4.62. The first-order chi connectivity index (χ1) is 8.72. The van der Waals surface area contributed by atoms with Crippen LogP contribution in [0.25, 0.3) is 0 Å². The van der Waals surface area contributed by atoms with Gasteiger partial charge < -0.3 is 10.6 Å². The fraction of sp³-hybridized carbons (Fsp3) is 0.538. The fourth-order valence-corrected chi connectivity index (χ4v) is 2.45. The molecular formula is C13H18FN3O. The first-order valence-corrected chi connectivity index (χ1v) is 6.34. The lowest BCUT2D eigenvalue weighted by Gasteiger charge is -2.24. The van der Waals surface area contributed by atoms with Gasteiger partial charge in [-0.2, -0.15) is 0 Å². The average molecular weight is 251 g/mol. The molecule has 1 aliphatic rings. The number of hydrogen-bond donors (Lipinski definition) is 1. The zero-order valence-corrected chi connectivity index (χ0v) is 10.3. The van der Waals surface area contributed by atoms with E-state index in [1.165, 1.54) is 12.3 Å². The number of pyridine rings is 1. The topological polar surface area (TPSA) is 59.2 Å². The van der Waals surface area contributed by atoms with Crippen LogP contribution < -0.4 is 5.73 Å². The lowest BCUT2D eigenvalue weighted by molar-refractivity contribution is 0.0728. The molecule has 0 radical (unpaired) electrons. The summed E-state index contributed by atoms with van der Waals surface area (Å²) in [5.74, 6) is -0.597. The molecule has 1 saturated heterocycles. The predicted molar refractivity (Wildman–Crippen MR) is 66.5 cm³/mol. The first-order valence-electron chi connectivity index (χ1n) is 6.34. The van der Waals surface area contributed by atoms with Gasteiger partial charge in [-0.1, -0.05) is 0 Å². The summed E-state index contributed by atoms with van der Waals surface area (Å²) in [6, 6.07) is 1.48. The molecule has 0 bridgehead atoms. The van der Waals surface area contributed by atoms with Gasteiger partial charge in [0, 0.05) is 18.8 Å². The summed E-state index contributed by atoms with van der Waals surface area (Å²) < 4.78 is 13.1. The molecule has 18 heavy (non-hydrogen) atoms. The van der Waals surface area contributed by atoms with Crippen LogP contribution in [0, 0.1) is 5.82 Å². The molecule has 2 N–H and O–H groups in total. The van der Waals surface area contributed by atoms with E-state index >= 15 is 0 Å². The fourth-order valence-electron chi connectivity index (χ4n) is 2.45. The van der Waals surface area contributed by atoms with Crippen molar-refractivity contribution in [2.45, 2.75) is 31.7 Å². The zero-order valence-electron chi connectivity index (χ0n) is 10.3. The molecule has 1 aromatic rings. The van der Waals surface area contributed by atoms with Crippen molar-refractivity contribution in [1.29, 1.82) is 0 Å². The van der Waals surface area contributed by atoms with Crippen LogP contribution in [0.2, 0.25) is 0 Å². The van der Waals surface area contributed by atoms with Crippen molar-refractivity contribution in [3.05, 3.63) is 29.8 Å². The number of carbonyl (C=O) groups is 1. The molecule has 1 atom stereocenters. The highest BCUT2D eigenvalue weighted by molar-refractivity contribution is 5.94. The molecule has 0 aliphatic carbocycles. The SMILES string of the molecule is NCCCC1CCCN1C(=O)c1cncc(F)c1. The number of likely N-dealkylation sites (tertiary alicyclic amines) is 1. The molecule has 5 heteroatoms. The van der Waals surface area contributed by atoms with E-state index in [1.54, 1.807) is 0 Å². The third-order valence-electron chi connectivity index (χ3n) is 3.33. The monoisotopic (exact) mass is 251 g/mol. The maximum atomic E-state index is 13.1. The molecule has 2 heterocycles.